The van der Waals surface area contributed by atoms with Gasteiger partial charge in [0, 0.05) is 23.0 Å². The highest BCUT2D eigenvalue weighted by Gasteiger charge is 2.53. The summed E-state index contributed by atoms with van der Waals surface area (Å²) in [4.78, 5) is 60.2. The molecule has 3 atom stereocenters. The smallest absolute Gasteiger partial charge is 0.332 e. The van der Waals surface area contributed by atoms with Crippen molar-refractivity contribution in [2.75, 3.05) is 4.90 Å². The maximum atomic E-state index is 14.4. The number of carboxylic acid groups (broad SMARTS) is 1. The molecule has 0 radical (unpaired) electrons. The van der Waals surface area contributed by atoms with Crippen molar-refractivity contribution in [3.63, 3.8) is 0 Å². The molecule has 44 heavy (non-hydrogen) atoms. The molecular weight excluding hydrogens is 556 g/mol. The van der Waals surface area contributed by atoms with Crippen LogP contribution in [-0.4, -0.2) is 50.9 Å². The van der Waals surface area contributed by atoms with Crippen LogP contribution < -0.4 is 10.2 Å². The van der Waals surface area contributed by atoms with Crippen LogP contribution in [0.5, 0.6) is 0 Å². The predicted molar refractivity (Wildman–Crippen MR) is 168 cm³/mol. The van der Waals surface area contributed by atoms with Crippen molar-refractivity contribution < 1.29 is 24.3 Å². The van der Waals surface area contributed by atoms with Crippen LogP contribution in [-0.2, 0) is 16.0 Å². The van der Waals surface area contributed by atoms with Crippen LogP contribution in [0, 0.1) is 5.92 Å². The van der Waals surface area contributed by atoms with E-state index in [2.05, 4.69) is 36.3 Å². The second-order valence-electron chi connectivity index (χ2n) is 12.4. The first-order valence-corrected chi connectivity index (χ1v) is 15.0. The Labute approximate surface area is 255 Å². The Hall–Kier alpha value is -4.92. The molecule has 1 saturated heterocycles. The first-order valence-electron chi connectivity index (χ1n) is 15.0. The van der Waals surface area contributed by atoms with Gasteiger partial charge in [-0.3, -0.25) is 14.5 Å². The van der Waals surface area contributed by atoms with Gasteiger partial charge in [-0.1, -0.05) is 82.3 Å². The predicted octanol–water partition coefficient (Wildman–Crippen LogP) is 6.00. The molecule has 4 amide bonds. The van der Waals surface area contributed by atoms with E-state index in [0.717, 1.165) is 32.6 Å². The first-order chi connectivity index (χ1) is 21.1. The van der Waals surface area contributed by atoms with Crippen LogP contribution in [0.3, 0.4) is 0 Å². The average molecular weight is 593 g/mol. The van der Waals surface area contributed by atoms with Crippen molar-refractivity contribution in [3.8, 4) is 0 Å². The third kappa shape index (κ3) is 4.92. The van der Waals surface area contributed by atoms with E-state index in [4.69, 9.17) is 0 Å². The second kappa shape index (κ2) is 11.3. The Morgan fingerprint density at radius 3 is 2.32 bits per heavy atom. The van der Waals surface area contributed by atoms with E-state index in [-0.39, 0.29) is 23.6 Å². The summed E-state index contributed by atoms with van der Waals surface area (Å²) < 4.78 is 0. The van der Waals surface area contributed by atoms with Crippen LogP contribution in [0.1, 0.15) is 78.8 Å². The summed E-state index contributed by atoms with van der Waals surface area (Å²) in [6.45, 7) is 7.99. The van der Waals surface area contributed by atoms with Gasteiger partial charge in [0.25, 0.3) is 11.8 Å². The third-order valence-electron chi connectivity index (χ3n) is 8.67. The van der Waals surface area contributed by atoms with E-state index in [1.54, 1.807) is 23.1 Å². The van der Waals surface area contributed by atoms with Crippen LogP contribution in [0.15, 0.2) is 72.8 Å². The normalized spacial score (nSPS) is 18.6. The summed E-state index contributed by atoms with van der Waals surface area (Å²) in [6, 6.07) is 19.4. The SMILES string of the molecule is CC(C)C[C@H](NC(=O)c1ccccc1N1C(=O)[C@@H]2Cc3c([nH]c4ccccc34)[C@@H](c3ccc(C(C)C)cc3)N2C1=O)C(=O)O. The molecule has 3 aromatic carbocycles. The molecule has 2 aliphatic heterocycles. The number of carbonyl (C=O) groups is 4. The van der Waals surface area contributed by atoms with Crippen molar-refractivity contribution in [1.82, 2.24) is 15.2 Å². The highest BCUT2D eigenvalue weighted by atomic mass is 16.4. The molecule has 226 valence electrons. The molecule has 6 rings (SSSR count). The highest BCUT2D eigenvalue weighted by molar-refractivity contribution is 6.24. The van der Waals surface area contributed by atoms with E-state index in [9.17, 15) is 24.3 Å². The van der Waals surface area contributed by atoms with Gasteiger partial charge in [-0.25, -0.2) is 14.5 Å². The molecule has 2 aliphatic rings. The number of aliphatic carboxylic acids is 1. The summed E-state index contributed by atoms with van der Waals surface area (Å²) >= 11 is 0. The molecule has 1 fully saturated rings. The molecule has 0 unspecified atom stereocenters. The number of H-pyrrole nitrogens is 1. The fraction of sp³-hybridized carbons (Fsp3) is 0.314. The van der Waals surface area contributed by atoms with E-state index in [1.807, 2.05) is 50.2 Å². The number of benzene rings is 3. The van der Waals surface area contributed by atoms with Crippen molar-refractivity contribution >= 4 is 40.4 Å². The number of carboxylic acids is 1. The summed E-state index contributed by atoms with van der Waals surface area (Å²) in [7, 11) is 0. The Morgan fingerprint density at radius 2 is 1.64 bits per heavy atom. The summed E-state index contributed by atoms with van der Waals surface area (Å²) in [6.07, 6.45) is 0.564. The lowest BCUT2D eigenvalue weighted by molar-refractivity contribution is -0.139. The van der Waals surface area contributed by atoms with Crippen molar-refractivity contribution in [3.05, 3.63) is 101 Å². The molecule has 9 heteroatoms. The average Bonchev–Trinajstić information content (AvgIpc) is 3.49. The molecule has 9 nitrogen and oxygen atoms in total. The van der Waals surface area contributed by atoms with Gasteiger partial charge in [-0.05, 0) is 53.1 Å². The van der Waals surface area contributed by atoms with Crippen LogP contribution in [0.2, 0.25) is 0 Å². The lowest BCUT2D eigenvalue weighted by Crippen LogP contribution is -2.44. The van der Waals surface area contributed by atoms with E-state index < -0.39 is 41.9 Å². The van der Waals surface area contributed by atoms with Gasteiger partial charge in [0.2, 0.25) is 0 Å². The number of aromatic amines is 1. The van der Waals surface area contributed by atoms with Gasteiger partial charge < -0.3 is 15.4 Å². The molecular formula is C35H36N4O5. The molecule has 3 N–H and O–H groups in total. The zero-order chi connectivity index (χ0) is 31.3. The van der Waals surface area contributed by atoms with Gasteiger partial charge in [0.1, 0.15) is 18.1 Å². The zero-order valence-corrected chi connectivity index (χ0v) is 25.2. The van der Waals surface area contributed by atoms with Crippen molar-refractivity contribution in [2.24, 2.45) is 5.92 Å². The molecule has 0 bridgehead atoms. The van der Waals surface area contributed by atoms with Gasteiger partial charge in [0.15, 0.2) is 0 Å². The van der Waals surface area contributed by atoms with Crippen molar-refractivity contribution in [2.45, 2.75) is 64.6 Å². The number of hydrogen-bond donors (Lipinski definition) is 3. The summed E-state index contributed by atoms with van der Waals surface area (Å²) in [5.74, 6) is -1.86. The molecule has 0 aliphatic carbocycles. The highest BCUT2D eigenvalue weighted by Crippen LogP contribution is 2.45. The monoisotopic (exact) mass is 592 g/mol. The van der Waals surface area contributed by atoms with E-state index in [1.165, 1.54) is 11.6 Å². The molecule has 4 aromatic rings. The first kappa shape index (κ1) is 29.2. The zero-order valence-electron chi connectivity index (χ0n) is 25.2. The fourth-order valence-electron chi connectivity index (χ4n) is 6.50. The number of carbonyl (C=O) groups excluding carboxylic acids is 3. The third-order valence-corrected chi connectivity index (χ3v) is 8.67. The van der Waals surface area contributed by atoms with Crippen LogP contribution in [0.25, 0.3) is 10.9 Å². The van der Waals surface area contributed by atoms with E-state index >= 15 is 0 Å². The minimum Gasteiger partial charge on any atom is -0.480 e. The Balaban J connectivity index is 1.42. The van der Waals surface area contributed by atoms with E-state index in [0.29, 0.717) is 12.3 Å². The number of urea groups is 1. The Bertz CT molecular complexity index is 1770. The fourth-order valence-corrected chi connectivity index (χ4v) is 6.50. The Morgan fingerprint density at radius 1 is 0.955 bits per heavy atom. The van der Waals surface area contributed by atoms with Gasteiger partial charge >= 0.3 is 12.0 Å². The van der Waals surface area contributed by atoms with Gasteiger partial charge in [-0.15, -0.1) is 0 Å². The molecule has 0 saturated carbocycles. The lowest BCUT2D eigenvalue weighted by Gasteiger charge is -2.36. The maximum Gasteiger partial charge on any atom is 0.332 e. The quantitative estimate of drug-likeness (QED) is 0.217. The topological polar surface area (TPSA) is 123 Å². The number of para-hydroxylation sites is 2. The lowest BCUT2D eigenvalue weighted by atomic mass is 9.88. The summed E-state index contributed by atoms with van der Waals surface area (Å²) in [5, 5.41) is 13.3. The minimum absolute atomic E-state index is 0.0315. The number of aromatic nitrogens is 1. The number of amides is 4. The second-order valence-corrected chi connectivity index (χ2v) is 12.4. The number of nitrogens with one attached hydrogen (secondary N) is 2. The largest absolute Gasteiger partial charge is 0.480 e. The number of hydrogen-bond acceptors (Lipinski definition) is 4. The molecule has 0 spiro atoms. The number of anilines is 1. The standard InChI is InChI=1S/C35H36N4O5/c1-19(2)17-27(34(42)43)37-32(40)24-10-6-8-12-28(24)39-33(41)29-18-25-23-9-5-7-11-26(23)36-30(25)31(38(29)35(39)44)22-15-13-21(14-16-22)20(3)4/h5-16,19-20,27,29,31,36H,17-18H2,1-4H3,(H,37,40)(H,42,43)/t27-,29-,31+/m0/s1. The minimum atomic E-state index is -1.14. The number of imide groups is 1. The van der Waals surface area contributed by atoms with Crippen LogP contribution in [0.4, 0.5) is 10.5 Å². The maximum absolute atomic E-state index is 14.4. The van der Waals surface area contributed by atoms with Gasteiger partial charge in [0.05, 0.1) is 11.3 Å². The number of rotatable bonds is 8. The van der Waals surface area contributed by atoms with Crippen LogP contribution >= 0.6 is 0 Å². The Kier molecular flexibility index (Phi) is 7.49. The number of fused-ring (bicyclic) bond motifs is 4. The van der Waals surface area contributed by atoms with Gasteiger partial charge in [-0.2, -0.15) is 0 Å². The molecule has 1 aromatic heterocycles. The summed E-state index contributed by atoms with van der Waals surface area (Å²) in [5.41, 5.74) is 5.03. The molecule has 3 heterocycles. The van der Waals surface area contributed by atoms with Crippen molar-refractivity contribution in [1.29, 1.82) is 0 Å². The number of nitrogens with zero attached hydrogens (tertiary/aromatic N) is 2.